The number of hydrogen-bond acceptors (Lipinski definition) is 4. The Kier molecular flexibility index (Phi) is 8.46. The number of methoxy groups -OCH3 is 2. The standard InChI is InChI=1S/C21H29NO3/c1-24-14-6-13-22(16-19-9-11-21(25-2)12-10-19)17-20(23)15-18-7-4-3-5-8-18/h3-5,7-12,20,23H,6,13-17H2,1-2H3. The molecule has 4 nitrogen and oxygen atoms in total. The van der Waals surface area contributed by atoms with Crippen LogP contribution in [0.15, 0.2) is 54.6 Å². The predicted octanol–water partition coefficient (Wildman–Crippen LogP) is 3.14. The number of rotatable bonds is 11. The molecule has 0 amide bonds. The zero-order valence-electron chi connectivity index (χ0n) is 15.2. The van der Waals surface area contributed by atoms with Gasteiger partial charge in [0.2, 0.25) is 0 Å². The summed E-state index contributed by atoms with van der Waals surface area (Å²) in [6.07, 6.45) is 1.23. The van der Waals surface area contributed by atoms with Crippen LogP contribution in [0.2, 0.25) is 0 Å². The SMILES string of the molecule is COCCCN(Cc1ccc(OC)cc1)CC(O)Cc1ccccc1. The van der Waals surface area contributed by atoms with Gasteiger partial charge in [-0.2, -0.15) is 0 Å². The van der Waals surface area contributed by atoms with E-state index in [0.29, 0.717) is 13.0 Å². The Balaban J connectivity index is 1.93. The van der Waals surface area contributed by atoms with E-state index < -0.39 is 0 Å². The van der Waals surface area contributed by atoms with Crippen molar-refractivity contribution in [2.24, 2.45) is 0 Å². The van der Waals surface area contributed by atoms with Gasteiger partial charge in [0.05, 0.1) is 13.2 Å². The van der Waals surface area contributed by atoms with Gasteiger partial charge >= 0.3 is 0 Å². The van der Waals surface area contributed by atoms with Crippen LogP contribution >= 0.6 is 0 Å². The van der Waals surface area contributed by atoms with E-state index in [0.717, 1.165) is 37.4 Å². The lowest BCUT2D eigenvalue weighted by molar-refractivity contribution is 0.0994. The maximum atomic E-state index is 10.5. The molecular weight excluding hydrogens is 314 g/mol. The molecule has 2 rings (SSSR count). The molecule has 0 bridgehead atoms. The maximum Gasteiger partial charge on any atom is 0.118 e. The van der Waals surface area contributed by atoms with E-state index in [2.05, 4.69) is 29.2 Å². The largest absolute Gasteiger partial charge is 0.497 e. The molecular formula is C21H29NO3. The second-order valence-corrected chi connectivity index (χ2v) is 6.27. The minimum absolute atomic E-state index is 0.386. The third-order valence-corrected chi connectivity index (χ3v) is 4.17. The van der Waals surface area contributed by atoms with Gasteiger partial charge in [-0.25, -0.2) is 0 Å². The lowest BCUT2D eigenvalue weighted by Crippen LogP contribution is -2.34. The molecule has 0 aliphatic heterocycles. The smallest absolute Gasteiger partial charge is 0.118 e. The van der Waals surface area contributed by atoms with E-state index in [1.165, 1.54) is 5.56 Å². The van der Waals surface area contributed by atoms with Crippen molar-refractivity contribution in [3.8, 4) is 5.75 Å². The molecule has 1 N–H and O–H groups in total. The van der Waals surface area contributed by atoms with Crippen molar-refractivity contribution >= 4 is 0 Å². The molecule has 0 spiro atoms. The zero-order valence-corrected chi connectivity index (χ0v) is 15.2. The van der Waals surface area contributed by atoms with Crippen LogP contribution in [0.3, 0.4) is 0 Å². The fraction of sp³-hybridized carbons (Fsp3) is 0.429. The first kappa shape index (κ1) is 19.4. The Hall–Kier alpha value is -1.88. The van der Waals surface area contributed by atoms with Gasteiger partial charge in [-0.15, -0.1) is 0 Å². The minimum Gasteiger partial charge on any atom is -0.497 e. The van der Waals surface area contributed by atoms with E-state index in [1.807, 2.05) is 30.3 Å². The number of benzene rings is 2. The Morgan fingerprint density at radius 2 is 1.68 bits per heavy atom. The van der Waals surface area contributed by atoms with E-state index >= 15 is 0 Å². The number of hydrogen-bond donors (Lipinski definition) is 1. The normalized spacial score (nSPS) is 12.3. The number of aliphatic hydroxyl groups excluding tert-OH is 1. The van der Waals surface area contributed by atoms with Crippen molar-refractivity contribution in [3.05, 3.63) is 65.7 Å². The average Bonchev–Trinajstić information content (AvgIpc) is 2.63. The van der Waals surface area contributed by atoms with Gasteiger partial charge in [0.1, 0.15) is 5.75 Å². The number of aliphatic hydroxyl groups is 1. The third kappa shape index (κ3) is 7.26. The van der Waals surface area contributed by atoms with Crippen LogP contribution in [0.5, 0.6) is 5.75 Å². The van der Waals surface area contributed by atoms with Gasteiger partial charge in [-0.1, -0.05) is 42.5 Å². The van der Waals surface area contributed by atoms with Crippen molar-refractivity contribution in [3.63, 3.8) is 0 Å². The molecule has 0 aliphatic rings. The first-order valence-electron chi connectivity index (χ1n) is 8.77. The van der Waals surface area contributed by atoms with Crippen LogP contribution in [0.25, 0.3) is 0 Å². The van der Waals surface area contributed by atoms with E-state index in [4.69, 9.17) is 9.47 Å². The highest BCUT2D eigenvalue weighted by molar-refractivity contribution is 5.27. The molecule has 1 atom stereocenters. The summed E-state index contributed by atoms with van der Waals surface area (Å²) in [7, 11) is 3.39. The first-order chi connectivity index (χ1) is 12.2. The molecule has 0 saturated heterocycles. The molecule has 1 unspecified atom stereocenters. The van der Waals surface area contributed by atoms with Crippen LogP contribution < -0.4 is 4.74 Å². The monoisotopic (exact) mass is 343 g/mol. The topological polar surface area (TPSA) is 41.9 Å². The number of nitrogens with zero attached hydrogens (tertiary/aromatic N) is 1. The summed E-state index contributed by atoms with van der Waals surface area (Å²) in [5, 5.41) is 10.5. The summed E-state index contributed by atoms with van der Waals surface area (Å²) in [5.74, 6) is 0.860. The average molecular weight is 343 g/mol. The minimum atomic E-state index is -0.386. The summed E-state index contributed by atoms with van der Waals surface area (Å²) in [4.78, 5) is 2.29. The Morgan fingerprint density at radius 3 is 2.32 bits per heavy atom. The third-order valence-electron chi connectivity index (χ3n) is 4.17. The Bertz CT molecular complexity index is 586. The zero-order chi connectivity index (χ0) is 17.9. The predicted molar refractivity (Wildman–Crippen MR) is 101 cm³/mol. The summed E-state index contributed by atoms with van der Waals surface area (Å²) in [5.41, 5.74) is 2.38. The Morgan fingerprint density at radius 1 is 0.960 bits per heavy atom. The molecule has 25 heavy (non-hydrogen) atoms. The molecule has 0 saturated carbocycles. The summed E-state index contributed by atoms with van der Waals surface area (Å²) in [6, 6.07) is 18.2. The van der Waals surface area contributed by atoms with Crippen molar-refractivity contribution in [2.45, 2.75) is 25.5 Å². The quantitative estimate of drug-likeness (QED) is 0.637. The van der Waals surface area contributed by atoms with E-state index in [1.54, 1.807) is 14.2 Å². The fourth-order valence-corrected chi connectivity index (χ4v) is 2.91. The van der Waals surface area contributed by atoms with Gasteiger partial charge in [-0.05, 0) is 36.1 Å². The van der Waals surface area contributed by atoms with Crippen LogP contribution in [0, 0.1) is 0 Å². The van der Waals surface area contributed by atoms with Crippen LogP contribution in [0.4, 0.5) is 0 Å². The van der Waals surface area contributed by atoms with E-state index in [-0.39, 0.29) is 6.10 Å². The second kappa shape index (κ2) is 10.9. The van der Waals surface area contributed by atoms with Crippen molar-refractivity contribution < 1.29 is 14.6 Å². The highest BCUT2D eigenvalue weighted by atomic mass is 16.5. The van der Waals surface area contributed by atoms with Gasteiger partial charge in [0.25, 0.3) is 0 Å². The van der Waals surface area contributed by atoms with Crippen LogP contribution in [-0.4, -0.2) is 50.0 Å². The molecule has 0 aliphatic carbocycles. The molecule has 4 heteroatoms. The van der Waals surface area contributed by atoms with Crippen molar-refractivity contribution in [1.82, 2.24) is 4.90 Å². The van der Waals surface area contributed by atoms with Gasteiger partial charge in [0.15, 0.2) is 0 Å². The molecule has 0 heterocycles. The van der Waals surface area contributed by atoms with Crippen LogP contribution in [-0.2, 0) is 17.7 Å². The lowest BCUT2D eigenvalue weighted by atomic mass is 10.1. The van der Waals surface area contributed by atoms with Gasteiger partial charge in [0, 0.05) is 33.4 Å². The first-order valence-corrected chi connectivity index (χ1v) is 8.77. The Labute approximate surface area is 151 Å². The highest BCUT2D eigenvalue weighted by Gasteiger charge is 2.13. The highest BCUT2D eigenvalue weighted by Crippen LogP contribution is 2.14. The maximum absolute atomic E-state index is 10.5. The van der Waals surface area contributed by atoms with Crippen molar-refractivity contribution in [1.29, 1.82) is 0 Å². The molecule has 2 aromatic carbocycles. The fourth-order valence-electron chi connectivity index (χ4n) is 2.91. The summed E-state index contributed by atoms with van der Waals surface area (Å²) >= 11 is 0. The molecule has 2 aromatic rings. The van der Waals surface area contributed by atoms with E-state index in [9.17, 15) is 5.11 Å². The van der Waals surface area contributed by atoms with Crippen LogP contribution in [0.1, 0.15) is 17.5 Å². The summed E-state index contributed by atoms with van der Waals surface area (Å²) < 4.78 is 10.4. The molecule has 0 radical (unpaired) electrons. The molecule has 136 valence electrons. The lowest BCUT2D eigenvalue weighted by Gasteiger charge is -2.25. The van der Waals surface area contributed by atoms with Crippen molar-refractivity contribution in [2.75, 3.05) is 33.9 Å². The second-order valence-electron chi connectivity index (χ2n) is 6.27. The van der Waals surface area contributed by atoms with Gasteiger partial charge in [-0.3, -0.25) is 4.90 Å². The summed E-state index contributed by atoms with van der Waals surface area (Å²) in [6.45, 7) is 3.07. The van der Waals surface area contributed by atoms with Gasteiger partial charge < -0.3 is 14.6 Å². The molecule has 0 aromatic heterocycles. The number of ether oxygens (including phenoxy) is 2. The molecule has 0 fully saturated rings.